The van der Waals surface area contributed by atoms with E-state index in [4.69, 9.17) is 36.4 Å². The van der Waals surface area contributed by atoms with Gasteiger partial charge >= 0.3 is 5.97 Å². The van der Waals surface area contributed by atoms with Gasteiger partial charge in [-0.2, -0.15) is 0 Å². The molecule has 1 fully saturated rings. The van der Waals surface area contributed by atoms with Crippen LogP contribution in [0.4, 0.5) is 0 Å². The van der Waals surface area contributed by atoms with E-state index in [0.29, 0.717) is 34.2 Å². The number of likely N-dealkylation sites (tertiary alicyclic amines) is 1. The van der Waals surface area contributed by atoms with Gasteiger partial charge in [0.15, 0.2) is 5.60 Å². The molecule has 2 aliphatic heterocycles. The smallest absolute Gasteiger partial charge is 0.328 e. The highest BCUT2D eigenvalue weighted by molar-refractivity contribution is 6.32. The number of nitrogens with two attached hydrogens (primary N) is 1. The molecular formula is C22H30ClN3O6. The highest BCUT2D eigenvalue weighted by Gasteiger charge is 2.55. The van der Waals surface area contributed by atoms with E-state index >= 15 is 0 Å². The van der Waals surface area contributed by atoms with Gasteiger partial charge in [-0.1, -0.05) is 37.5 Å². The number of benzene rings is 1. The molecule has 1 aromatic rings. The van der Waals surface area contributed by atoms with Crippen LogP contribution >= 0.6 is 11.6 Å². The van der Waals surface area contributed by atoms with Gasteiger partial charge in [0, 0.05) is 24.5 Å². The van der Waals surface area contributed by atoms with Crippen molar-refractivity contribution >= 4 is 29.2 Å². The number of nitrogens with zero attached hydrogens (tertiary/aromatic N) is 2. The van der Waals surface area contributed by atoms with Crippen LogP contribution in [0.15, 0.2) is 17.3 Å². The normalized spacial score (nSPS) is 23.6. The number of halogens is 1. The molecule has 2 aliphatic rings. The molecule has 0 radical (unpaired) electrons. The lowest BCUT2D eigenvalue weighted by molar-refractivity contribution is -0.152. The minimum Gasteiger partial charge on any atom is -0.496 e. The molecular weight excluding hydrogens is 438 g/mol. The van der Waals surface area contributed by atoms with Gasteiger partial charge < -0.3 is 29.7 Å². The molecule has 2 heterocycles. The number of ether oxygens (including phenoxy) is 3. The maximum absolute atomic E-state index is 13.2. The molecule has 2 N–H and O–H groups in total. The summed E-state index contributed by atoms with van der Waals surface area (Å²) in [5.41, 5.74) is 6.11. The lowest BCUT2D eigenvalue weighted by Crippen LogP contribution is -2.53. The summed E-state index contributed by atoms with van der Waals surface area (Å²) >= 11 is 6.31. The highest BCUT2D eigenvalue weighted by Crippen LogP contribution is 2.42. The van der Waals surface area contributed by atoms with Crippen molar-refractivity contribution in [2.45, 2.75) is 51.3 Å². The zero-order valence-electron chi connectivity index (χ0n) is 19.2. The van der Waals surface area contributed by atoms with Gasteiger partial charge in [-0.25, -0.2) is 4.79 Å². The zero-order valence-corrected chi connectivity index (χ0v) is 20.0. The van der Waals surface area contributed by atoms with Gasteiger partial charge in [-0.05, 0) is 11.5 Å². The van der Waals surface area contributed by atoms with Crippen molar-refractivity contribution < 1.29 is 28.6 Å². The molecule has 9 nitrogen and oxygen atoms in total. The maximum atomic E-state index is 13.2. The molecule has 1 saturated heterocycles. The van der Waals surface area contributed by atoms with E-state index in [9.17, 15) is 9.59 Å². The first kappa shape index (κ1) is 24.1. The van der Waals surface area contributed by atoms with E-state index in [1.54, 1.807) is 12.1 Å². The molecule has 1 spiro atoms. The Morgan fingerprint density at radius 3 is 2.47 bits per heavy atom. The van der Waals surface area contributed by atoms with E-state index in [-0.39, 0.29) is 18.9 Å². The second-order valence-corrected chi connectivity index (χ2v) is 9.64. The Bertz CT molecular complexity index is 944. The third kappa shape index (κ3) is 4.36. The number of amides is 1. The van der Waals surface area contributed by atoms with Crippen LogP contribution in [0.5, 0.6) is 11.5 Å². The third-order valence-corrected chi connectivity index (χ3v) is 6.27. The Morgan fingerprint density at radius 2 is 1.91 bits per heavy atom. The largest absolute Gasteiger partial charge is 0.496 e. The van der Waals surface area contributed by atoms with Gasteiger partial charge in [0.25, 0.3) is 0 Å². The van der Waals surface area contributed by atoms with Crippen molar-refractivity contribution in [3.63, 3.8) is 0 Å². The Balaban J connectivity index is 1.89. The summed E-state index contributed by atoms with van der Waals surface area (Å²) in [5.74, 6) is 0.155. The average Bonchev–Trinajstić information content (AvgIpc) is 3.35. The zero-order chi connectivity index (χ0) is 23.8. The van der Waals surface area contributed by atoms with Crippen LogP contribution in [-0.4, -0.2) is 68.0 Å². The fourth-order valence-electron chi connectivity index (χ4n) is 4.02. The molecule has 0 bridgehead atoms. The summed E-state index contributed by atoms with van der Waals surface area (Å²) in [6.07, 6.45) is 0.593. The molecule has 3 rings (SSSR count). The summed E-state index contributed by atoms with van der Waals surface area (Å²) in [5, 5.41) is 4.67. The van der Waals surface area contributed by atoms with Crippen molar-refractivity contribution in [3.05, 3.63) is 22.7 Å². The van der Waals surface area contributed by atoms with Crippen molar-refractivity contribution in [2.24, 2.45) is 16.3 Å². The van der Waals surface area contributed by atoms with Crippen LogP contribution in [-0.2, 0) is 19.2 Å². The summed E-state index contributed by atoms with van der Waals surface area (Å²) in [6, 6.07) is 1.78. The van der Waals surface area contributed by atoms with Gasteiger partial charge in [-0.3, -0.25) is 4.79 Å². The van der Waals surface area contributed by atoms with Crippen LogP contribution in [0, 0.1) is 5.41 Å². The molecule has 10 heteroatoms. The molecule has 0 aliphatic carbocycles. The fraction of sp³-hybridized carbons (Fsp3) is 0.591. The SMILES string of the molecule is COC(=O)[C@@H]1C[C@]2(CC(c3cc(Cl)c(OC)cc3OC)=NO2)CN1C(=O)[C@@H](N)C(C)(C)C. The lowest BCUT2D eigenvalue weighted by atomic mass is 9.86. The standard InChI is InChI=1S/C22H30ClN3O6/c1-21(2,3)18(24)19(27)26-11-22(10-15(26)20(28)31-6)9-14(25-32-22)12-7-13(23)17(30-5)8-16(12)29-4/h7-8,15,18H,9-11,24H2,1-6H3/t15-,18+,22+/m0/s1. The predicted molar refractivity (Wildman–Crippen MR) is 119 cm³/mol. The topological polar surface area (TPSA) is 113 Å². The molecule has 176 valence electrons. The predicted octanol–water partition coefficient (Wildman–Crippen LogP) is 2.37. The monoisotopic (exact) mass is 467 g/mol. The Hall–Kier alpha value is -2.52. The van der Waals surface area contributed by atoms with E-state index < -0.39 is 29.1 Å². The van der Waals surface area contributed by atoms with Crippen molar-refractivity contribution in [1.29, 1.82) is 0 Å². The van der Waals surface area contributed by atoms with Crippen LogP contribution in [0.25, 0.3) is 0 Å². The van der Waals surface area contributed by atoms with Gasteiger partial charge in [0.2, 0.25) is 5.91 Å². The van der Waals surface area contributed by atoms with E-state index in [0.717, 1.165) is 0 Å². The Labute approximate surface area is 192 Å². The molecule has 0 unspecified atom stereocenters. The van der Waals surface area contributed by atoms with Crippen LogP contribution in [0.1, 0.15) is 39.2 Å². The number of carbonyl (C=O) groups excluding carboxylic acids is 2. The van der Waals surface area contributed by atoms with Crippen molar-refractivity contribution in [2.75, 3.05) is 27.9 Å². The fourth-order valence-corrected chi connectivity index (χ4v) is 4.26. The summed E-state index contributed by atoms with van der Waals surface area (Å²) in [4.78, 5) is 33.0. The first-order chi connectivity index (χ1) is 15.0. The van der Waals surface area contributed by atoms with Gasteiger partial charge in [0.1, 0.15) is 17.5 Å². The van der Waals surface area contributed by atoms with Crippen LogP contribution in [0.2, 0.25) is 5.02 Å². The number of rotatable bonds is 5. The first-order valence-corrected chi connectivity index (χ1v) is 10.6. The molecule has 3 atom stereocenters. The minimum atomic E-state index is -0.876. The van der Waals surface area contributed by atoms with Crippen molar-refractivity contribution in [3.8, 4) is 11.5 Å². The molecule has 32 heavy (non-hydrogen) atoms. The number of methoxy groups -OCH3 is 3. The molecule has 1 aromatic carbocycles. The van der Waals surface area contributed by atoms with Crippen molar-refractivity contribution in [1.82, 2.24) is 4.90 Å². The number of oxime groups is 1. The van der Waals surface area contributed by atoms with Crippen LogP contribution in [0.3, 0.4) is 0 Å². The summed E-state index contributed by atoms with van der Waals surface area (Å²) in [7, 11) is 4.35. The number of hydrogen-bond donors (Lipinski definition) is 1. The minimum absolute atomic E-state index is 0.161. The van der Waals surface area contributed by atoms with E-state index in [2.05, 4.69) is 5.16 Å². The maximum Gasteiger partial charge on any atom is 0.328 e. The summed E-state index contributed by atoms with van der Waals surface area (Å²) < 4.78 is 15.7. The van der Waals surface area contributed by atoms with Crippen LogP contribution < -0.4 is 15.2 Å². The number of carbonyl (C=O) groups is 2. The molecule has 0 saturated carbocycles. The average molecular weight is 468 g/mol. The first-order valence-electron chi connectivity index (χ1n) is 10.3. The van der Waals surface area contributed by atoms with Gasteiger partial charge in [-0.15, -0.1) is 0 Å². The lowest BCUT2D eigenvalue weighted by Gasteiger charge is -2.32. The van der Waals surface area contributed by atoms with E-state index in [1.165, 1.54) is 26.2 Å². The second-order valence-electron chi connectivity index (χ2n) is 9.23. The quantitative estimate of drug-likeness (QED) is 0.661. The number of esters is 1. The second kappa shape index (κ2) is 8.78. The third-order valence-electron chi connectivity index (χ3n) is 5.98. The Morgan fingerprint density at radius 1 is 1.25 bits per heavy atom. The van der Waals surface area contributed by atoms with E-state index in [1.807, 2.05) is 20.8 Å². The Kier molecular flexibility index (Phi) is 6.62. The summed E-state index contributed by atoms with van der Waals surface area (Å²) in [6.45, 7) is 5.79. The highest BCUT2D eigenvalue weighted by atomic mass is 35.5. The molecule has 1 amide bonds. The molecule has 0 aromatic heterocycles. The van der Waals surface area contributed by atoms with Gasteiger partial charge in [0.05, 0.1) is 44.7 Å². The number of hydrogen-bond acceptors (Lipinski definition) is 8.